The van der Waals surface area contributed by atoms with Crippen LogP contribution in [-0.4, -0.2) is 65.8 Å². The van der Waals surface area contributed by atoms with Gasteiger partial charge in [-0.3, -0.25) is 9.59 Å². The molecule has 1 aliphatic rings. The van der Waals surface area contributed by atoms with Crippen LogP contribution in [0.4, 0.5) is 0 Å². The van der Waals surface area contributed by atoms with E-state index in [0.29, 0.717) is 6.54 Å². The lowest BCUT2D eigenvalue weighted by Gasteiger charge is -2.36. The third kappa shape index (κ3) is 4.57. The summed E-state index contributed by atoms with van der Waals surface area (Å²) in [5.74, 6) is -0.801. The topological polar surface area (TPSA) is 43.9 Å². The van der Waals surface area contributed by atoms with Crippen molar-refractivity contribution in [3.05, 3.63) is 35.9 Å². The fraction of sp³-hybridized carbons (Fsp3) is 0.579. The zero-order valence-electron chi connectivity index (χ0n) is 15.2. The van der Waals surface area contributed by atoms with Gasteiger partial charge in [-0.15, -0.1) is 0 Å². The van der Waals surface area contributed by atoms with Gasteiger partial charge in [0, 0.05) is 25.7 Å². The van der Waals surface area contributed by atoms with Crippen LogP contribution in [0.5, 0.6) is 0 Å². The maximum atomic E-state index is 12.8. The van der Waals surface area contributed by atoms with Gasteiger partial charge in [0.05, 0.1) is 0 Å². The summed E-state index contributed by atoms with van der Waals surface area (Å²) in [4.78, 5) is 31.0. The maximum absolute atomic E-state index is 12.8. The van der Waals surface area contributed by atoms with Gasteiger partial charge in [-0.2, -0.15) is 0 Å². The summed E-state index contributed by atoms with van der Waals surface area (Å²) in [7, 11) is 3.85. The van der Waals surface area contributed by atoms with E-state index in [-0.39, 0.29) is 12.1 Å². The molecule has 5 nitrogen and oxygen atoms in total. The molecule has 0 unspecified atom stereocenters. The number of likely N-dealkylation sites (N-methyl/N-ethyl adjacent to an activating group) is 1. The van der Waals surface area contributed by atoms with Gasteiger partial charge in [0.2, 0.25) is 0 Å². The molecule has 5 heteroatoms. The van der Waals surface area contributed by atoms with Gasteiger partial charge in [0.25, 0.3) is 0 Å². The smallest absolute Gasteiger partial charge is 0.312 e. The molecule has 0 saturated carbocycles. The van der Waals surface area contributed by atoms with Crippen molar-refractivity contribution in [1.29, 1.82) is 0 Å². The molecule has 1 aromatic carbocycles. The summed E-state index contributed by atoms with van der Waals surface area (Å²) in [5.41, 5.74) is 1.04. The van der Waals surface area contributed by atoms with Gasteiger partial charge in [-0.05, 0) is 52.4 Å². The van der Waals surface area contributed by atoms with E-state index in [0.717, 1.165) is 31.5 Å². The van der Waals surface area contributed by atoms with Crippen LogP contribution in [0.15, 0.2) is 30.3 Å². The van der Waals surface area contributed by atoms with Gasteiger partial charge in [-0.25, -0.2) is 0 Å². The second-order valence-electron chi connectivity index (χ2n) is 6.96. The Balaban J connectivity index is 2.04. The third-order valence-corrected chi connectivity index (χ3v) is 4.82. The molecule has 24 heavy (non-hydrogen) atoms. The van der Waals surface area contributed by atoms with E-state index in [1.807, 2.05) is 44.2 Å². The van der Waals surface area contributed by atoms with Crippen LogP contribution in [0.2, 0.25) is 0 Å². The Hall–Kier alpha value is -1.88. The molecule has 2 rings (SSSR count). The van der Waals surface area contributed by atoms with Gasteiger partial charge < -0.3 is 14.7 Å². The number of carbonyl (C=O) groups is 2. The van der Waals surface area contributed by atoms with Crippen LogP contribution in [0.1, 0.15) is 32.3 Å². The highest BCUT2D eigenvalue weighted by Gasteiger charge is 2.31. The first-order valence-corrected chi connectivity index (χ1v) is 8.70. The van der Waals surface area contributed by atoms with Crippen molar-refractivity contribution >= 4 is 11.8 Å². The molecule has 0 aliphatic carbocycles. The lowest BCUT2D eigenvalue weighted by atomic mass is 10.0. The Bertz CT molecular complexity index is 551. The fourth-order valence-corrected chi connectivity index (χ4v) is 3.09. The number of amides is 2. The summed E-state index contributed by atoms with van der Waals surface area (Å²) >= 11 is 0. The van der Waals surface area contributed by atoms with E-state index < -0.39 is 11.8 Å². The molecule has 0 N–H and O–H groups in total. The van der Waals surface area contributed by atoms with E-state index >= 15 is 0 Å². The minimum atomic E-state index is -0.407. The molecule has 0 radical (unpaired) electrons. The monoisotopic (exact) mass is 331 g/mol. The van der Waals surface area contributed by atoms with Crippen molar-refractivity contribution in [1.82, 2.24) is 14.7 Å². The molecule has 2 amide bonds. The Labute approximate surface area is 145 Å². The summed E-state index contributed by atoms with van der Waals surface area (Å²) < 4.78 is 0. The average molecular weight is 331 g/mol. The number of benzene rings is 1. The Morgan fingerprint density at radius 2 is 1.71 bits per heavy atom. The first kappa shape index (κ1) is 18.5. The standard InChI is InChI=1S/C19H29N3O2/c1-15(2)22(14-16-8-6-5-7-9-16)19(24)18(23)21(4)17-10-12-20(3)13-11-17/h5-9,15,17H,10-14H2,1-4H3. The molecule has 0 aromatic heterocycles. The van der Waals surface area contributed by atoms with Crippen LogP contribution in [0.3, 0.4) is 0 Å². The highest BCUT2D eigenvalue weighted by molar-refractivity contribution is 6.34. The lowest BCUT2D eigenvalue weighted by Crippen LogP contribution is -2.51. The predicted octanol–water partition coefficient (Wildman–Crippen LogP) is 1.98. The van der Waals surface area contributed by atoms with Crippen LogP contribution in [0.25, 0.3) is 0 Å². The van der Waals surface area contributed by atoms with E-state index in [4.69, 9.17) is 0 Å². The maximum Gasteiger partial charge on any atom is 0.312 e. The number of piperidine rings is 1. The van der Waals surface area contributed by atoms with Gasteiger partial charge >= 0.3 is 11.8 Å². The summed E-state index contributed by atoms with van der Waals surface area (Å²) in [6.45, 7) is 6.29. The molecule has 1 fully saturated rings. The van der Waals surface area contributed by atoms with E-state index in [9.17, 15) is 9.59 Å². The molecule has 1 aliphatic heterocycles. The number of rotatable bonds is 4. The largest absolute Gasteiger partial charge is 0.334 e. The van der Waals surface area contributed by atoms with E-state index in [2.05, 4.69) is 11.9 Å². The molecule has 0 bridgehead atoms. The minimum Gasteiger partial charge on any atom is -0.334 e. The highest BCUT2D eigenvalue weighted by Crippen LogP contribution is 2.16. The minimum absolute atomic E-state index is 0.0208. The van der Waals surface area contributed by atoms with Crippen LogP contribution >= 0.6 is 0 Å². The van der Waals surface area contributed by atoms with Crippen molar-refractivity contribution in [3.8, 4) is 0 Å². The second-order valence-corrected chi connectivity index (χ2v) is 6.96. The molecule has 0 atom stereocenters. The van der Waals surface area contributed by atoms with Crippen molar-refractivity contribution in [3.63, 3.8) is 0 Å². The summed E-state index contributed by atoms with van der Waals surface area (Å²) in [6.07, 6.45) is 1.85. The van der Waals surface area contributed by atoms with Gasteiger partial charge in [0.15, 0.2) is 0 Å². The molecular formula is C19H29N3O2. The molecular weight excluding hydrogens is 302 g/mol. The van der Waals surface area contributed by atoms with Crippen LogP contribution < -0.4 is 0 Å². The number of hydrogen-bond donors (Lipinski definition) is 0. The van der Waals surface area contributed by atoms with Crippen molar-refractivity contribution < 1.29 is 9.59 Å². The third-order valence-electron chi connectivity index (χ3n) is 4.82. The molecule has 1 heterocycles. The number of nitrogens with zero attached hydrogens (tertiary/aromatic N) is 3. The van der Waals surface area contributed by atoms with Crippen molar-refractivity contribution in [2.45, 2.75) is 45.3 Å². The Kier molecular flexibility index (Phi) is 6.37. The predicted molar refractivity (Wildman–Crippen MR) is 95.4 cm³/mol. The van der Waals surface area contributed by atoms with Crippen molar-refractivity contribution in [2.75, 3.05) is 27.2 Å². The molecule has 0 spiro atoms. The van der Waals surface area contributed by atoms with Gasteiger partial charge in [0.1, 0.15) is 0 Å². The first-order valence-electron chi connectivity index (χ1n) is 8.70. The molecule has 132 valence electrons. The zero-order valence-corrected chi connectivity index (χ0v) is 15.2. The normalized spacial score (nSPS) is 16.2. The first-order chi connectivity index (χ1) is 11.4. The fourth-order valence-electron chi connectivity index (χ4n) is 3.09. The van der Waals surface area contributed by atoms with E-state index in [1.165, 1.54) is 0 Å². The Morgan fingerprint density at radius 3 is 2.25 bits per heavy atom. The molecule has 1 aromatic rings. The van der Waals surface area contributed by atoms with Crippen molar-refractivity contribution in [2.24, 2.45) is 0 Å². The number of hydrogen-bond acceptors (Lipinski definition) is 3. The highest BCUT2D eigenvalue weighted by atomic mass is 16.2. The van der Waals surface area contributed by atoms with E-state index in [1.54, 1.807) is 16.8 Å². The van der Waals surface area contributed by atoms with Crippen LogP contribution in [0, 0.1) is 0 Å². The SMILES string of the molecule is CC(C)N(Cc1ccccc1)C(=O)C(=O)N(C)C1CCN(C)CC1. The van der Waals surface area contributed by atoms with Gasteiger partial charge in [-0.1, -0.05) is 30.3 Å². The summed E-state index contributed by atoms with van der Waals surface area (Å²) in [6, 6.07) is 9.94. The van der Waals surface area contributed by atoms with Crippen LogP contribution in [-0.2, 0) is 16.1 Å². The zero-order chi connectivity index (χ0) is 17.7. The summed E-state index contributed by atoms with van der Waals surface area (Å²) in [5, 5.41) is 0. The lowest BCUT2D eigenvalue weighted by molar-refractivity contribution is -0.154. The Morgan fingerprint density at radius 1 is 1.12 bits per heavy atom. The number of carbonyl (C=O) groups excluding carboxylic acids is 2. The number of likely N-dealkylation sites (tertiary alicyclic amines) is 1. The second kappa shape index (κ2) is 8.29. The average Bonchev–Trinajstić information content (AvgIpc) is 2.59. The quantitative estimate of drug-likeness (QED) is 0.793. The molecule has 1 saturated heterocycles.